The summed E-state index contributed by atoms with van der Waals surface area (Å²) in [6.07, 6.45) is 6.27. The molecule has 0 radical (unpaired) electrons. The van der Waals surface area contributed by atoms with Crippen LogP contribution >= 0.6 is 0 Å². The van der Waals surface area contributed by atoms with Crippen LogP contribution in [0.3, 0.4) is 0 Å². The maximum atomic E-state index is 9.34. The number of aliphatic hydroxyl groups is 1. The van der Waals surface area contributed by atoms with E-state index in [9.17, 15) is 5.11 Å². The second-order valence-electron chi connectivity index (χ2n) is 5.08. The molecule has 3 rings (SSSR count). The van der Waals surface area contributed by atoms with Gasteiger partial charge in [-0.3, -0.25) is 4.90 Å². The average molecular weight is 257 g/mol. The first-order chi connectivity index (χ1) is 9.36. The van der Waals surface area contributed by atoms with Crippen molar-refractivity contribution in [1.82, 2.24) is 14.7 Å². The second-order valence-corrected chi connectivity index (χ2v) is 5.08. The number of para-hydroxylation sites is 1. The molecule has 2 heterocycles. The minimum Gasteiger partial charge on any atom is -0.395 e. The number of rotatable bonds is 4. The molecule has 4 heteroatoms. The largest absolute Gasteiger partial charge is 0.395 e. The zero-order chi connectivity index (χ0) is 13.1. The molecule has 0 bridgehead atoms. The summed E-state index contributed by atoms with van der Waals surface area (Å²) in [4.78, 5) is 2.34. The molecule has 1 fully saturated rings. The van der Waals surface area contributed by atoms with Crippen LogP contribution in [0.2, 0.25) is 0 Å². The third-order valence-electron chi connectivity index (χ3n) is 3.75. The molecule has 1 unspecified atom stereocenters. The highest BCUT2D eigenvalue weighted by Crippen LogP contribution is 2.19. The summed E-state index contributed by atoms with van der Waals surface area (Å²) in [6.45, 7) is 2.20. The Morgan fingerprint density at radius 3 is 2.89 bits per heavy atom. The van der Waals surface area contributed by atoms with Crippen LogP contribution in [0, 0.1) is 0 Å². The first kappa shape index (κ1) is 12.4. The van der Waals surface area contributed by atoms with Gasteiger partial charge in [0.2, 0.25) is 0 Å². The van der Waals surface area contributed by atoms with Gasteiger partial charge in [0.15, 0.2) is 0 Å². The quantitative estimate of drug-likeness (QED) is 0.908. The number of benzene rings is 1. The molecule has 0 saturated carbocycles. The number of hydrogen-bond acceptors (Lipinski definition) is 3. The molecule has 0 amide bonds. The second kappa shape index (κ2) is 5.55. The molecule has 100 valence electrons. The van der Waals surface area contributed by atoms with Gasteiger partial charge < -0.3 is 5.11 Å². The van der Waals surface area contributed by atoms with E-state index in [0.29, 0.717) is 6.04 Å². The average Bonchev–Trinajstić information content (AvgIpc) is 3.09. The molecule has 0 spiro atoms. The summed E-state index contributed by atoms with van der Waals surface area (Å²) in [5.41, 5.74) is 2.28. The lowest BCUT2D eigenvalue weighted by molar-refractivity contribution is 0.153. The summed E-state index contributed by atoms with van der Waals surface area (Å²) < 4.78 is 1.90. The topological polar surface area (TPSA) is 41.3 Å². The predicted octanol–water partition coefficient (Wildman–Crippen LogP) is 1.83. The zero-order valence-electron chi connectivity index (χ0n) is 10.9. The lowest BCUT2D eigenvalue weighted by Crippen LogP contribution is -2.31. The molecular weight excluding hydrogens is 238 g/mol. The maximum absolute atomic E-state index is 9.34. The van der Waals surface area contributed by atoms with E-state index in [1.165, 1.54) is 12.0 Å². The first-order valence-corrected chi connectivity index (χ1v) is 6.80. The van der Waals surface area contributed by atoms with Crippen molar-refractivity contribution >= 4 is 0 Å². The maximum Gasteiger partial charge on any atom is 0.0645 e. The highest BCUT2D eigenvalue weighted by atomic mass is 16.3. The molecule has 4 nitrogen and oxygen atoms in total. The number of nitrogens with zero attached hydrogens (tertiary/aromatic N) is 3. The number of aliphatic hydroxyl groups excluding tert-OH is 1. The van der Waals surface area contributed by atoms with E-state index in [2.05, 4.69) is 16.2 Å². The highest BCUT2D eigenvalue weighted by molar-refractivity contribution is 5.30. The Labute approximate surface area is 113 Å². The van der Waals surface area contributed by atoms with E-state index in [-0.39, 0.29) is 6.61 Å². The Morgan fingerprint density at radius 2 is 2.11 bits per heavy atom. The third kappa shape index (κ3) is 2.69. The van der Waals surface area contributed by atoms with Crippen LogP contribution in [-0.4, -0.2) is 39.0 Å². The van der Waals surface area contributed by atoms with E-state index in [1.807, 2.05) is 41.2 Å². The zero-order valence-corrected chi connectivity index (χ0v) is 10.9. The van der Waals surface area contributed by atoms with Crippen molar-refractivity contribution in [2.75, 3.05) is 13.2 Å². The minimum absolute atomic E-state index is 0.257. The molecule has 1 aliphatic heterocycles. The standard InChI is InChI=1S/C15H19N3O/c19-12-15-7-4-8-17(15)10-13-9-16-18(11-13)14-5-2-1-3-6-14/h1-3,5-6,9,11,15,19H,4,7-8,10,12H2. The van der Waals surface area contributed by atoms with Crippen LogP contribution in [0.4, 0.5) is 0 Å². The molecule has 0 aliphatic carbocycles. The summed E-state index contributed by atoms with van der Waals surface area (Å²) in [6, 6.07) is 10.4. The molecule has 1 atom stereocenters. The van der Waals surface area contributed by atoms with Crippen LogP contribution in [-0.2, 0) is 6.54 Å². The van der Waals surface area contributed by atoms with E-state index < -0.39 is 0 Å². The normalized spacial score (nSPS) is 19.9. The monoisotopic (exact) mass is 257 g/mol. The Hall–Kier alpha value is -1.65. The number of likely N-dealkylation sites (tertiary alicyclic amines) is 1. The molecule has 1 aliphatic rings. The Kier molecular flexibility index (Phi) is 3.62. The Morgan fingerprint density at radius 1 is 1.26 bits per heavy atom. The lowest BCUT2D eigenvalue weighted by Gasteiger charge is -2.21. The van der Waals surface area contributed by atoms with Gasteiger partial charge in [-0.1, -0.05) is 18.2 Å². The SMILES string of the molecule is OCC1CCCN1Cc1cnn(-c2ccccc2)c1. The molecular formula is C15H19N3O. The van der Waals surface area contributed by atoms with Crippen molar-refractivity contribution in [2.24, 2.45) is 0 Å². The van der Waals surface area contributed by atoms with E-state index in [1.54, 1.807) is 0 Å². The Bertz CT molecular complexity index is 523. The van der Waals surface area contributed by atoms with Crippen molar-refractivity contribution in [1.29, 1.82) is 0 Å². The van der Waals surface area contributed by atoms with Crippen LogP contribution in [0.5, 0.6) is 0 Å². The fraction of sp³-hybridized carbons (Fsp3) is 0.400. The molecule has 1 aromatic heterocycles. The molecule has 2 aromatic rings. The van der Waals surface area contributed by atoms with Gasteiger partial charge in [-0.15, -0.1) is 0 Å². The fourth-order valence-electron chi connectivity index (χ4n) is 2.71. The van der Waals surface area contributed by atoms with Gasteiger partial charge in [0.05, 0.1) is 18.5 Å². The van der Waals surface area contributed by atoms with E-state index in [0.717, 1.165) is 25.2 Å². The fourth-order valence-corrected chi connectivity index (χ4v) is 2.71. The summed E-state index contributed by atoms with van der Waals surface area (Å²) in [7, 11) is 0. The van der Waals surface area contributed by atoms with Crippen LogP contribution in [0.15, 0.2) is 42.7 Å². The van der Waals surface area contributed by atoms with Gasteiger partial charge in [0.1, 0.15) is 0 Å². The predicted molar refractivity (Wildman–Crippen MR) is 74.1 cm³/mol. The van der Waals surface area contributed by atoms with Gasteiger partial charge in [-0.2, -0.15) is 5.10 Å². The lowest BCUT2D eigenvalue weighted by atomic mass is 10.2. The van der Waals surface area contributed by atoms with Crippen LogP contribution < -0.4 is 0 Å². The summed E-state index contributed by atoms with van der Waals surface area (Å²) in [5, 5.41) is 13.7. The molecule has 1 aromatic carbocycles. The van der Waals surface area contributed by atoms with Gasteiger partial charge in [0, 0.05) is 24.3 Å². The minimum atomic E-state index is 0.257. The Balaban J connectivity index is 1.72. The van der Waals surface area contributed by atoms with Crippen molar-refractivity contribution in [2.45, 2.75) is 25.4 Å². The summed E-state index contributed by atoms with van der Waals surface area (Å²) in [5.74, 6) is 0. The van der Waals surface area contributed by atoms with Crippen LogP contribution in [0.25, 0.3) is 5.69 Å². The van der Waals surface area contributed by atoms with Gasteiger partial charge >= 0.3 is 0 Å². The molecule has 1 saturated heterocycles. The first-order valence-electron chi connectivity index (χ1n) is 6.80. The van der Waals surface area contributed by atoms with Crippen molar-refractivity contribution in [3.05, 3.63) is 48.3 Å². The number of hydrogen-bond donors (Lipinski definition) is 1. The van der Waals surface area contributed by atoms with E-state index in [4.69, 9.17) is 0 Å². The number of aromatic nitrogens is 2. The van der Waals surface area contributed by atoms with Crippen molar-refractivity contribution in [3.8, 4) is 5.69 Å². The van der Waals surface area contributed by atoms with Crippen LogP contribution in [0.1, 0.15) is 18.4 Å². The van der Waals surface area contributed by atoms with Gasteiger partial charge in [0.25, 0.3) is 0 Å². The smallest absolute Gasteiger partial charge is 0.0645 e. The molecule has 1 N–H and O–H groups in total. The highest BCUT2D eigenvalue weighted by Gasteiger charge is 2.23. The third-order valence-corrected chi connectivity index (χ3v) is 3.75. The summed E-state index contributed by atoms with van der Waals surface area (Å²) >= 11 is 0. The molecule has 19 heavy (non-hydrogen) atoms. The van der Waals surface area contributed by atoms with Gasteiger partial charge in [-0.25, -0.2) is 4.68 Å². The van der Waals surface area contributed by atoms with E-state index >= 15 is 0 Å². The van der Waals surface area contributed by atoms with Crippen molar-refractivity contribution in [3.63, 3.8) is 0 Å². The van der Waals surface area contributed by atoms with Crippen molar-refractivity contribution < 1.29 is 5.11 Å². The van der Waals surface area contributed by atoms with Gasteiger partial charge in [-0.05, 0) is 31.5 Å².